The molecule has 26 heavy (non-hydrogen) atoms. The average Bonchev–Trinajstić information content (AvgIpc) is 3.29. The van der Waals surface area contributed by atoms with Crippen LogP contribution < -0.4 is 0 Å². The van der Waals surface area contributed by atoms with Gasteiger partial charge in [0, 0.05) is 33.2 Å². The fourth-order valence-corrected chi connectivity index (χ4v) is 3.80. The van der Waals surface area contributed by atoms with Crippen LogP contribution in [-0.2, 0) is 11.3 Å². The third-order valence-corrected chi connectivity index (χ3v) is 5.33. The van der Waals surface area contributed by atoms with Crippen LogP contribution in [-0.4, -0.2) is 27.9 Å². The number of nitrogens with one attached hydrogen (secondary N) is 1. The number of nitrogens with zero attached hydrogens (tertiary/aromatic N) is 1. The van der Waals surface area contributed by atoms with Crippen molar-refractivity contribution in [3.63, 3.8) is 0 Å². The van der Waals surface area contributed by atoms with Gasteiger partial charge in [-0.3, -0.25) is 4.79 Å². The summed E-state index contributed by atoms with van der Waals surface area (Å²) < 4.78 is 7.37. The van der Waals surface area contributed by atoms with Crippen LogP contribution in [0.25, 0.3) is 0 Å². The summed E-state index contributed by atoms with van der Waals surface area (Å²) in [7, 11) is 0. The van der Waals surface area contributed by atoms with Crippen molar-refractivity contribution >= 4 is 23.1 Å². The largest absolute Gasteiger partial charge is 0.454 e. The lowest BCUT2D eigenvalue weighted by atomic mass is 10.1. The number of hydrogen-bond acceptors (Lipinski definition) is 4. The Morgan fingerprint density at radius 3 is 2.54 bits per heavy atom. The zero-order valence-corrected chi connectivity index (χ0v) is 16.2. The Bertz CT molecular complexity index is 948. The first kappa shape index (κ1) is 18.2. The van der Waals surface area contributed by atoms with Gasteiger partial charge < -0.3 is 14.3 Å². The molecule has 3 aromatic heterocycles. The molecule has 0 aliphatic rings. The van der Waals surface area contributed by atoms with Gasteiger partial charge >= 0.3 is 5.97 Å². The van der Waals surface area contributed by atoms with Crippen LogP contribution in [0.1, 0.15) is 48.4 Å². The van der Waals surface area contributed by atoms with Gasteiger partial charge in [-0.1, -0.05) is 6.07 Å². The van der Waals surface area contributed by atoms with Gasteiger partial charge in [-0.25, -0.2) is 4.79 Å². The number of rotatable bonds is 6. The molecule has 0 spiro atoms. The fraction of sp³-hybridized carbons (Fsp3) is 0.300. The number of thiophene rings is 1. The zero-order valence-electron chi connectivity index (χ0n) is 15.4. The highest BCUT2D eigenvalue weighted by atomic mass is 32.1. The predicted molar refractivity (Wildman–Crippen MR) is 102 cm³/mol. The SMILES string of the molecule is Cc1cc(C(=O)COC(=O)c2cc(C)n(Cc3cccs3)c2C)c(C)[nH]1. The van der Waals surface area contributed by atoms with Crippen molar-refractivity contribution in [2.45, 2.75) is 34.2 Å². The molecule has 6 heteroatoms. The van der Waals surface area contributed by atoms with Gasteiger partial charge in [0.25, 0.3) is 0 Å². The first-order valence-corrected chi connectivity index (χ1v) is 9.30. The molecule has 0 aromatic carbocycles. The van der Waals surface area contributed by atoms with Crippen LogP contribution in [0, 0.1) is 27.7 Å². The number of aromatic amines is 1. The summed E-state index contributed by atoms with van der Waals surface area (Å²) in [4.78, 5) is 29.1. The third-order valence-electron chi connectivity index (χ3n) is 4.47. The van der Waals surface area contributed by atoms with Crippen LogP contribution in [0.3, 0.4) is 0 Å². The number of aromatic nitrogens is 2. The quantitative estimate of drug-likeness (QED) is 0.522. The Kier molecular flexibility index (Phi) is 5.13. The number of ether oxygens (including phenoxy) is 1. The van der Waals surface area contributed by atoms with E-state index in [2.05, 4.69) is 15.6 Å². The molecule has 0 bridgehead atoms. The molecule has 136 valence electrons. The number of H-pyrrole nitrogens is 1. The summed E-state index contributed by atoms with van der Waals surface area (Å²) in [6.45, 7) is 8.06. The summed E-state index contributed by atoms with van der Waals surface area (Å²) in [6.07, 6.45) is 0. The Balaban J connectivity index is 1.70. The Hall–Kier alpha value is -2.60. The summed E-state index contributed by atoms with van der Waals surface area (Å²) in [5.41, 5.74) is 4.62. The molecule has 0 atom stereocenters. The Morgan fingerprint density at radius 1 is 1.15 bits per heavy atom. The molecule has 0 fully saturated rings. The van der Waals surface area contributed by atoms with E-state index in [9.17, 15) is 9.59 Å². The van der Waals surface area contributed by atoms with Crippen LogP contribution in [0.4, 0.5) is 0 Å². The molecule has 0 radical (unpaired) electrons. The van der Waals surface area contributed by atoms with E-state index in [0.29, 0.717) is 11.1 Å². The number of hydrogen-bond donors (Lipinski definition) is 1. The first-order chi connectivity index (χ1) is 12.4. The number of aryl methyl sites for hydroxylation is 3. The molecular formula is C20H22N2O3S. The van der Waals surface area contributed by atoms with E-state index in [1.807, 2.05) is 45.2 Å². The van der Waals surface area contributed by atoms with Crippen molar-refractivity contribution in [3.05, 3.63) is 68.4 Å². The van der Waals surface area contributed by atoms with E-state index in [0.717, 1.165) is 29.3 Å². The van der Waals surface area contributed by atoms with Gasteiger partial charge in [-0.15, -0.1) is 11.3 Å². The Labute approximate surface area is 156 Å². The molecule has 0 unspecified atom stereocenters. The topological polar surface area (TPSA) is 64.1 Å². The van der Waals surface area contributed by atoms with E-state index in [-0.39, 0.29) is 12.4 Å². The first-order valence-electron chi connectivity index (χ1n) is 8.42. The van der Waals surface area contributed by atoms with Crippen molar-refractivity contribution in [2.75, 3.05) is 6.61 Å². The molecule has 0 amide bonds. The molecular weight excluding hydrogens is 348 g/mol. The summed E-state index contributed by atoms with van der Waals surface area (Å²) in [6, 6.07) is 7.68. The second-order valence-corrected chi connectivity index (χ2v) is 7.47. The minimum atomic E-state index is -0.464. The van der Waals surface area contributed by atoms with Gasteiger partial charge in [-0.2, -0.15) is 0 Å². The van der Waals surface area contributed by atoms with E-state index in [4.69, 9.17) is 4.74 Å². The van der Waals surface area contributed by atoms with Crippen LogP contribution in [0.5, 0.6) is 0 Å². The molecule has 3 aromatic rings. The third kappa shape index (κ3) is 3.65. The highest BCUT2D eigenvalue weighted by Gasteiger charge is 2.19. The maximum absolute atomic E-state index is 12.5. The van der Waals surface area contributed by atoms with Crippen molar-refractivity contribution in [1.82, 2.24) is 9.55 Å². The molecule has 3 rings (SSSR count). The molecule has 0 saturated heterocycles. The number of carbonyl (C=O) groups is 2. The second-order valence-electron chi connectivity index (χ2n) is 6.44. The number of ketones is 1. The minimum Gasteiger partial charge on any atom is -0.454 e. The van der Waals surface area contributed by atoms with Gasteiger partial charge in [0.05, 0.1) is 12.1 Å². The van der Waals surface area contributed by atoms with Crippen molar-refractivity contribution in [3.8, 4) is 0 Å². The standard InChI is InChI=1S/C20H22N2O3S/c1-12-8-17(14(3)21-12)19(23)11-25-20(24)18-9-13(2)22(15(18)4)10-16-6-5-7-26-16/h5-9,21H,10-11H2,1-4H3. The van der Waals surface area contributed by atoms with Crippen molar-refractivity contribution in [2.24, 2.45) is 0 Å². The molecule has 0 aliphatic heterocycles. The number of esters is 1. The number of carbonyl (C=O) groups excluding carboxylic acids is 2. The molecule has 0 aliphatic carbocycles. The van der Waals surface area contributed by atoms with Crippen LogP contribution in [0.15, 0.2) is 29.6 Å². The second kappa shape index (κ2) is 7.33. The lowest BCUT2D eigenvalue weighted by Crippen LogP contribution is -2.15. The van der Waals surface area contributed by atoms with Gasteiger partial charge in [0.2, 0.25) is 5.78 Å². The van der Waals surface area contributed by atoms with Crippen LogP contribution in [0.2, 0.25) is 0 Å². The smallest absolute Gasteiger partial charge is 0.340 e. The van der Waals surface area contributed by atoms with Gasteiger partial charge in [0.15, 0.2) is 6.61 Å². The molecule has 3 heterocycles. The van der Waals surface area contributed by atoms with E-state index in [1.165, 1.54) is 4.88 Å². The van der Waals surface area contributed by atoms with Crippen molar-refractivity contribution < 1.29 is 14.3 Å². The highest BCUT2D eigenvalue weighted by molar-refractivity contribution is 7.09. The maximum Gasteiger partial charge on any atom is 0.340 e. The lowest BCUT2D eigenvalue weighted by molar-refractivity contribution is 0.0473. The summed E-state index contributed by atoms with van der Waals surface area (Å²) >= 11 is 1.68. The zero-order chi connectivity index (χ0) is 18.8. The van der Waals surface area contributed by atoms with Gasteiger partial charge in [0.1, 0.15) is 0 Å². The fourth-order valence-electron chi connectivity index (χ4n) is 3.11. The van der Waals surface area contributed by atoms with E-state index < -0.39 is 5.97 Å². The Morgan fingerprint density at radius 2 is 1.92 bits per heavy atom. The van der Waals surface area contributed by atoms with Crippen molar-refractivity contribution in [1.29, 1.82) is 0 Å². The van der Waals surface area contributed by atoms with Crippen LogP contribution >= 0.6 is 11.3 Å². The molecule has 0 saturated carbocycles. The molecule has 1 N–H and O–H groups in total. The average molecular weight is 370 g/mol. The summed E-state index contributed by atoms with van der Waals surface area (Å²) in [5.74, 6) is -0.665. The van der Waals surface area contributed by atoms with Gasteiger partial charge in [-0.05, 0) is 51.3 Å². The number of Topliss-reactive ketones (excluding diaryl/α,β-unsaturated/α-hetero) is 1. The van der Waals surface area contributed by atoms with E-state index in [1.54, 1.807) is 17.4 Å². The molecule has 5 nitrogen and oxygen atoms in total. The minimum absolute atomic E-state index is 0.201. The van der Waals surface area contributed by atoms with E-state index >= 15 is 0 Å². The highest BCUT2D eigenvalue weighted by Crippen LogP contribution is 2.20. The lowest BCUT2D eigenvalue weighted by Gasteiger charge is -2.08. The monoisotopic (exact) mass is 370 g/mol. The summed E-state index contributed by atoms with van der Waals surface area (Å²) in [5, 5.41) is 2.04. The normalized spacial score (nSPS) is 10.9. The maximum atomic E-state index is 12.5. The predicted octanol–water partition coefficient (Wildman–Crippen LogP) is 4.20.